The van der Waals surface area contributed by atoms with Gasteiger partial charge in [0, 0.05) is 37.8 Å². The minimum Gasteiger partial charge on any atom is -0.375 e. The van der Waals surface area contributed by atoms with Crippen molar-refractivity contribution in [1.29, 1.82) is 0 Å². The Hall–Kier alpha value is -1.50. The number of carbonyl (C=O) groups excluding carboxylic acids is 1. The van der Waals surface area contributed by atoms with Crippen LogP contribution in [0.4, 0.5) is 4.39 Å². The maximum atomic E-state index is 13.6. The van der Waals surface area contributed by atoms with Crippen molar-refractivity contribution in [1.82, 2.24) is 9.80 Å². The van der Waals surface area contributed by atoms with Crippen LogP contribution in [0.15, 0.2) is 24.3 Å². The third-order valence-electron chi connectivity index (χ3n) is 4.94. The van der Waals surface area contributed by atoms with Gasteiger partial charge >= 0.3 is 0 Å². The van der Waals surface area contributed by atoms with Gasteiger partial charge in [0.2, 0.25) is 5.91 Å². The molecule has 0 saturated carbocycles. The van der Waals surface area contributed by atoms with Gasteiger partial charge in [-0.1, -0.05) is 18.2 Å². The van der Waals surface area contributed by atoms with Crippen molar-refractivity contribution < 1.29 is 18.7 Å². The molecule has 6 heteroatoms. The summed E-state index contributed by atoms with van der Waals surface area (Å²) >= 11 is 0. The molecule has 138 valence electrons. The van der Waals surface area contributed by atoms with E-state index < -0.39 is 0 Å². The number of hydrogen-bond acceptors (Lipinski definition) is 4. The molecular weight excluding hydrogens is 323 g/mol. The second-order valence-corrected chi connectivity index (χ2v) is 7.11. The zero-order valence-electron chi connectivity index (χ0n) is 15.0. The zero-order valence-corrected chi connectivity index (χ0v) is 15.0. The van der Waals surface area contributed by atoms with Gasteiger partial charge in [-0.05, 0) is 19.9 Å². The summed E-state index contributed by atoms with van der Waals surface area (Å²) in [5.41, 5.74) is 0.552. The summed E-state index contributed by atoms with van der Waals surface area (Å²) in [5, 5.41) is 0. The molecule has 0 unspecified atom stereocenters. The van der Waals surface area contributed by atoms with E-state index in [-0.39, 0.29) is 30.5 Å². The van der Waals surface area contributed by atoms with Crippen molar-refractivity contribution in [2.75, 3.05) is 32.8 Å². The van der Waals surface area contributed by atoms with Crippen molar-refractivity contribution in [3.05, 3.63) is 35.6 Å². The zero-order chi connectivity index (χ0) is 17.8. The lowest BCUT2D eigenvalue weighted by atomic mass is 10.1. The molecule has 0 N–H and O–H groups in total. The molecule has 0 spiro atoms. The number of likely N-dealkylation sites (tertiary alicyclic amines) is 1. The molecule has 1 amide bonds. The van der Waals surface area contributed by atoms with E-state index in [2.05, 4.69) is 18.7 Å². The van der Waals surface area contributed by atoms with E-state index in [0.29, 0.717) is 37.7 Å². The minimum atomic E-state index is -0.251. The molecule has 25 heavy (non-hydrogen) atoms. The van der Waals surface area contributed by atoms with E-state index in [9.17, 15) is 9.18 Å². The van der Waals surface area contributed by atoms with E-state index in [1.165, 1.54) is 6.07 Å². The van der Waals surface area contributed by atoms with Crippen LogP contribution in [0, 0.1) is 5.82 Å². The number of ether oxygens (including phenoxy) is 2. The smallest absolute Gasteiger partial charge is 0.225 e. The molecule has 2 aliphatic heterocycles. The minimum absolute atomic E-state index is 0.0111. The highest BCUT2D eigenvalue weighted by molar-refractivity contribution is 5.77. The van der Waals surface area contributed by atoms with Gasteiger partial charge < -0.3 is 14.4 Å². The van der Waals surface area contributed by atoms with E-state index in [0.717, 1.165) is 13.1 Å². The van der Waals surface area contributed by atoms with Crippen LogP contribution in [0.1, 0.15) is 25.8 Å². The Bertz CT molecular complexity index is 590. The first-order valence-corrected chi connectivity index (χ1v) is 9.01. The van der Waals surface area contributed by atoms with E-state index >= 15 is 0 Å². The van der Waals surface area contributed by atoms with Crippen molar-refractivity contribution in [3.63, 3.8) is 0 Å². The predicted octanol–water partition coefficient (Wildman–Crippen LogP) is 2.05. The number of carbonyl (C=O) groups is 1. The fourth-order valence-electron chi connectivity index (χ4n) is 3.23. The lowest BCUT2D eigenvalue weighted by Gasteiger charge is -2.41. The number of amides is 1. The third-order valence-corrected chi connectivity index (χ3v) is 4.94. The predicted molar refractivity (Wildman–Crippen MR) is 92.6 cm³/mol. The largest absolute Gasteiger partial charge is 0.375 e. The SMILES string of the molecule is CC(C)N1CCO[C@@H](CC(=O)N2CC(OCc3ccccc3F)C2)C1. The fraction of sp³-hybridized carbons (Fsp3) is 0.632. The Morgan fingerprint density at radius 1 is 1.32 bits per heavy atom. The summed E-state index contributed by atoms with van der Waals surface area (Å²) in [4.78, 5) is 16.5. The van der Waals surface area contributed by atoms with Gasteiger partial charge in [0.25, 0.3) is 0 Å². The summed E-state index contributed by atoms with van der Waals surface area (Å²) in [6, 6.07) is 7.08. The Morgan fingerprint density at radius 2 is 2.08 bits per heavy atom. The molecule has 1 aromatic rings. The number of rotatable bonds is 6. The Kier molecular flexibility index (Phi) is 6.04. The number of morpholine rings is 1. The number of hydrogen-bond donors (Lipinski definition) is 0. The van der Waals surface area contributed by atoms with Crippen molar-refractivity contribution in [2.24, 2.45) is 0 Å². The van der Waals surface area contributed by atoms with Crippen LogP contribution in [0.5, 0.6) is 0 Å². The lowest BCUT2D eigenvalue weighted by Crippen LogP contribution is -2.56. The standard InChI is InChI=1S/C19H27FN2O3/c1-14(2)21-7-8-24-16(10-21)9-19(23)22-11-17(12-22)25-13-15-5-3-4-6-18(15)20/h3-6,14,16-17H,7-13H2,1-2H3/t16-/m0/s1. The Balaban J connectivity index is 1.37. The maximum Gasteiger partial charge on any atom is 0.225 e. The molecule has 1 atom stereocenters. The first-order valence-electron chi connectivity index (χ1n) is 9.01. The van der Waals surface area contributed by atoms with Crippen molar-refractivity contribution in [3.8, 4) is 0 Å². The van der Waals surface area contributed by atoms with E-state index in [4.69, 9.17) is 9.47 Å². The number of nitrogens with zero attached hydrogens (tertiary/aromatic N) is 2. The van der Waals surface area contributed by atoms with E-state index in [1.807, 2.05) is 0 Å². The molecule has 0 aliphatic carbocycles. The molecule has 2 saturated heterocycles. The lowest BCUT2D eigenvalue weighted by molar-refractivity contribution is -0.150. The van der Waals surface area contributed by atoms with Crippen LogP contribution < -0.4 is 0 Å². The second-order valence-electron chi connectivity index (χ2n) is 7.11. The van der Waals surface area contributed by atoms with E-state index in [1.54, 1.807) is 23.1 Å². The fourth-order valence-corrected chi connectivity index (χ4v) is 3.23. The summed E-state index contributed by atoms with van der Waals surface area (Å²) in [7, 11) is 0. The second kappa shape index (κ2) is 8.25. The molecular formula is C19H27FN2O3. The molecule has 0 aromatic heterocycles. The molecule has 0 bridgehead atoms. The highest BCUT2D eigenvalue weighted by atomic mass is 19.1. The van der Waals surface area contributed by atoms with Crippen molar-refractivity contribution in [2.45, 2.75) is 45.1 Å². The molecule has 5 nitrogen and oxygen atoms in total. The van der Waals surface area contributed by atoms with Crippen LogP contribution in [-0.2, 0) is 20.9 Å². The van der Waals surface area contributed by atoms with Gasteiger partial charge in [-0.2, -0.15) is 0 Å². The average molecular weight is 350 g/mol. The number of halogens is 1. The number of benzene rings is 1. The summed E-state index contributed by atoms with van der Waals surface area (Å²) in [6.07, 6.45) is 0.383. The van der Waals surface area contributed by atoms with Gasteiger partial charge in [-0.3, -0.25) is 9.69 Å². The summed E-state index contributed by atoms with van der Waals surface area (Å²) in [6.45, 7) is 8.15. The van der Waals surface area contributed by atoms with Crippen molar-refractivity contribution >= 4 is 5.91 Å². The first-order chi connectivity index (χ1) is 12.0. The highest BCUT2D eigenvalue weighted by Crippen LogP contribution is 2.19. The summed E-state index contributed by atoms with van der Waals surface area (Å²) in [5.74, 6) is -0.139. The maximum absolute atomic E-state index is 13.6. The van der Waals surface area contributed by atoms with Gasteiger partial charge in [-0.15, -0.1) is 0 Å². The van der Waals surface area contributed by atoms with Crippen LogP contribution >= 0.6 is 0 Å². The quantitative estimate of drug-likeness (QED) is 0.788. The molecule has 3 rings (SSSR count). The monoisotopic (exact) mass is 350 g/mol. The Labute approximate surface area is 148 Å². The highest BCUT2D eigenvalue weighted by Gasteiger charge is 2.33. The summed E-state index contributed by atoms with van der Waals surface area (Å²) < 4.78 is 25.0. The van der Waals surface area contributed by atoms with Crippen LogP contribution in [0.2, 0.25) is 0 Å². The van der Waals surface area contributed by atoms with Gasteiger partial charge in [0.05, 0.1) is 31.8 Å². The molecule has 1 aromatic carbocycles. The molecule has 2 fully saturated rings. The third kappa shape index (κ3) is 4.77. The molecule has 0 radical (unpaired) electrons. The topological polar surface area (TPSA) is 42.0 Å². The normalized spacial score (nSPS) is 22.2. The van der Waals surface area contributed by atoms with Gasteiger partial charge in [0.15, 0.2) is 0 Å². The Morgan fingerprint density at radius 3 is 2.80 bits per heavy atom. The van der Waals surface area contributed by atoms with Crippen LogP contribution in [0.3, 0.4) is 0 Å². The average Bonchev–Trinajstić information content (AvgIpc) is 2.55. The molecule has 2 aliphatic rings. The van der Waals surface area contributed by atoms with Gasteiger partial charge in [0.1, 0.15) is 5.82 Å². The molecule has 2 heterocycles. The van der Waals surface area contributed by atoms with Crippen LogP contribution in [-0.4, -0.2) is 66.7 Å². The van der Waals surface area contributed by atoms with Gasteiger partial charge in [-0.25, -0.2) is 4.39 Å². The van der Waals surface area contributed by atoms with Crippen LogP contribution in [0.25, 0.3) is 0 Å². The first kappa shape index (κ1) is 18.3.